The highest BCUT2D eigenvalue weighted by Gasteiger charge is 2.67. The molecule has 5 rings (SSSR count). The Kier molecular flexibility index (Phi) is 5.67. The van der Waals surface area contributed by atoms with Gasteiger partial charge in [0.1, 0.15) is 12.5 Å². The average molecular weight is 475 g/mol. The van der Waals surface area contributed by atoms with Crippen LogP contribution in [0.1, 0.15) is 82.6 Å². The summed E-state index contributed by atoms with van der Waals surface area (Å²) in [6.07, 6.45) is 6.54. The highest BCUT2D eigenvalue weighted by Crippen LogP contribution is 2.68. The normalized spacial score (nSPS) is 43.3. The molecule has 8 atom stereocenters. The van der Waals surface area contributed by atoms with Gasteiger partial charge in [-0.05, 0) is 86.7 Å². The first-order valence-corrected chi connectivity index (χ1v) is 12.5. The average Bonchev–Trinajstić information content (AvgIpc) is 3.04. The molecule has 1 aromatic rings. The predicted octanol–water partition coefficient (Wildman–Crippen LogP) is 2.99. The zero-order chi connectivity index (χ0) is 24.3. The number of hydrogen-bond donors (Lipinski definition) is 3. The van der Waals surface area contributed by atoms with Crippen LogP contribution in [-0.4, -0.2) is 44.6 Å². The molecular formula is C26H34O8. The maximum atomic E-state index is 12.2. The Morgan fingerprint density at radius 3 is 2.56 bits per heavy atom. The van der Waals surface area contributed by atoms with E-state index in [-0.39, 0.29) is 34.7 Å². The lowest BCUT2D eigenvalue weighted by Gasteiger charge is -2.61. The van der Waals surface area contributed by atoms with E-state index < -0.39 is 35.7 Å². The fraction of sp³-hybridized carbons (Fsp3) is 0.731. The smallest absolute Gasteiger partial charge is 0.335 e. The SMILES string of the molecule is CC12CCC3C4CCC(OC(=O)CC(=O)O)CC4(O)CCC3C1(O)CCC2c1ccc(=O)oc1. The first kappa shape index (κ1) is 23.5. The highest BCUT2D eigenvalue weighted by atomic mass is 16.5. The van der Waals surface area contributed by atoms with E-state index in [9.17, 15) is 24.6 Å². The molecule has 8 nitrogen and oxygen atoms in total. The maximum Gasteiger partial charge on any atom is 0.335 e. The number of carboxylic acid groups (broad SMARTS) is 1. The molecule has 8 unspecified atom stereocenters. The Labute approximate surface area is 198 Å². The third kappa shape index (κ3) is 3.61. The number of ether oxygens (including phenoxy) is 1. The highest BCUT2D eigenvalue weighted by molar-refractivity contribution is 5.90. The molecule has 4 fully saturated rings. The van der Waals surface area contributed by atoms with Crippen LogP contribution in [0.3, 0.4) is 0 Å². The van der Waals surface area contributed by atoms with Gasteiger partial charge in [0.05, 0.1) is 17.5 Å². The van der Waals surface area contributed by atoms with Crippen LogP contribution in [0.2, 0.25) is 0 Å². The minimum absolute atomic E-state index is 0.0306. The van der Waals surface area contributed by atoms with E-state index in [1.54, 1.807) is 6.26 Å². The minimum atomic E-state index is -1.22. The van der Waals surface area contributed by atoms with Gasteiger partial charge in [0, 0.05) is 17.9 Å². The molecule has 0 aliphatic heterocycles. The minimum Gasteiger partial charge on any atom is -0.481 e. The molecule has 8 heteroatoms. The molecule has 1 aromatic heterocycles. The predicted molar refractivity (Wildman–Crippen MR) is 120 cm³/mol. The summed E-state index contributed by atoms with van der Waals surface area (Å²) in [5, 5.41) is 32.6. The number of rotatable bonds is 4. The van der Waals surface area contributed by atoms with Gasteiger partial charge >= 0.3 is 17.6 Å². The van der Waals surface area contributed by atoms with Crippen LogP contribution in [0.25, 0.3) is 0 Å². The van der Waals surface area contributed by atoms with Gasteiger partial charge in [-0.2, -0.15) is 0 Å². The number of fused-ring (bicyclic) bond motifs is 5. The van der Waals surface area contributed by atoms with Crippen molar-refractivity contribution in [3.8, 4) is 0 Å². The van der Waals surface area contributed by atoms with Crippen molar-refractivity contribution in [3.63, 3.8) is 0 Å². The number of aliphatic carboxylic acids is 1. The second-order valence-electron chi connectivity index (χ2n) is 11.3. The number of carbonyl (C=O) groups excluding carboxylic acids is 1. The molecule has 4 aliphatic carbocycles. The van der Waals surface area contributed by atoms with E-state index in [4.69, 9.17) is 14.3 Å². The van der Waals surface area contributed by atoms with Crippen LogP contribution >= 0.6 is 0 Å². The number of hydrogen-bond acceptors (Lipinski definition) is 7. The molecule has 34 heavy (non-hydrogen) atoms. The standard InChI is InChI=1S/C26H34O8/c1-24-9-6-17-19-4-3-16(34-23(30)12-21(27)28)13-25(19,31)10-7-20(17)26(24,32)11-8-18(24)15-2-5-22(29)33-14-15/h2,5,14,16-20,31-32H,3-4,6-13H2,1H3,(H,27,28). The van der Waals surface area contributed by atoms with Crippen LogP contribution in [-0.2, 0) is 14.3 Å². The molecule has 0 spiro atoms. The molecule has 0 amide bonds. The van der Waals surface area contributed by atoms with Crippen LogP contribution in [0.15, 0.2) is 27.6 Å². The first-order valence-electron chi connectivity index (χ1n) is 12.5. The molecule has 1 heterocycles. The van der Waals surface area contributed by atoms with E-state index in [2.05, 4.69) is 6.92 Å². The van der Waals surface area contributed by atoms with Gasteiger partial charge in [-0.3, -0.25) is 9.59 Å². The van der Waals surface area contributed by atoms with Gasteiger partial charge in [0.25, 0.3) is 0 Å². The van der Waals surface area contributed by atoms with Crippen LogP contribution in [0, 0.1) is 23.2 Å². The molecule has 186 valence electrons. The molecule has 0 radical (unpaired) electrons. The lowest BCUT2D eigenvalue weighted by molar-refractivity contribution is -0.221. The van der Waals surface area contributed by atoms with E-state index in [0.29, 0.717) is 38.5 Å². The van der Waals surface area contributed by atoms with Crippen molar-refractivity contribution in [2.45, 2.75) is 94.4 Å². The van der Waals surface area contributed by atoms with E-state index in [1.165, 1.54) is 6.07 Å². The summed E-state index contributed by atoms with van der Waals surface area (Å²) in [5.74, 6) is -1.55. The monoisotopic (exact) mass is 474 g/mol. The van der Waals surface area contributed by atoms with Gasteiger partial charge in [-0.15, -0.1) is 0 Å². The van der Waals surface area contributed by atoms with Gasteiger partial charge in [-0.25, -0.2) is 4.79 Å². The van der Waals surface area contributed by atoms with E-state index >= 15 is 0 Å². The van der Waals surface area contributed by atoms with Crippen molar-refractivity contribution in [2.75, 3.05) is 0 Å². The first-order chi connectivity index (χ1) is 16.1. The van der Waals surface area contributed by atoms with E-state index in [0.717, 1.165) is 24.8 Å². The molecular weight excluding hydrogens is 440 g/mol. The summed E-state index contributed by atoms with van der Waals surface area (Å²) in [7, 11) is 0. The van der Waals surface area contributed by atoms with Crippen molar-refractivity contribution in [2.24, 2.45) is 23.2 Å². The zero-order valence-electron chi connectivity index (χ0n) is 19.6. The Balaban J connectivity index is 1.34. The lowest BCUT2D eigenvalue weighted by Crippen LogP contribution is -2.63. The van der Waals surface area contributed by atoms with Crippen LogP contribution in [0.4, 0.5) is 0 Å². The van der Waals surface area contributed by atoms with Gasteiger partial charge in [0.15, 0.2) is 0 Å². The Morgan fingerprint density at radius 1 is 1.06 bits per heavy atom. The third-order valence-electron chi connectivity index (χ3n) is 9.89. The fourth-order valence-electron chi connectivity index (χ4n) is 8.37. The van der Waals surface area contributed by atoms with E-state index in [1.807, 2.05) is 6.07 Å². The fourth-order valence-corrected chi connectivity index (χ4v) is 8.37. The maximum absolute atomic E-state index is 12.2. The van der Waals surface area contributed by atoms with Crippen molar-refractivity contribution in [1.82, 2.24) is 0 Å². The number of carbonyl (C=O) groups is 2. The zero-order valence-corrected chi connectivity index (χ0v) is 19.6. The summed E-state index contributed by atoms with van der Waals surface area (Å²) in [6, 6.07) is 3.27. The summed E-state index contributed by atoms with van der Waals surface area (Å²) >= 11 is 0. The van der Waals surface area contributed by atoms with Crippen molar-refractivity contribution < 1.29 is 34.1 Å². The molecule has 0 aromatic carbocycles. The molecule has 0 bridgehead atoms. The number of esters is 1. The molecule has 0 saturated heterocycles. The Bertz CT molecular complexity index is 1010. The molecule has 4 aliphatic rings. The lowest BCUT2D eigenvalue weighted by atomic mass is 9.46. The van der Waals surface area contributed by atoms with Crippen LogP contribution < -0.4 is 5.63 Å². The van der Waals surface area contributed by atoms with Gasteiger partial charge < -0.3 is 24.5 Å². The number of aliphatic hydroxyl groups is 2. The molecule has 4 saturated carbocycles. The number of carboxylic acids is 1. The van der Waals surface area contributed by atoms with Crippen molar-refractivity contribution >= 4 is 11.9 Å². The van der Waals surface area contributed by atoms with Crippen LogP contribution in [0.5, 0.6) is 0 Å². The van der Waals surface area contributed by atoms with Crippen molar-refractivity contribution in [1.29, 1.82) is 0 Å². The largest absolute Gasteiger partial charge is 0.481 e. The Hall–Kier alpha value is -2.19. The quantitative estimate of drug-likeness (QED) is 0.448. The second kappa shape index (κ2) is 8.19. The Morgan fingerprint density at radius 2 is 1.85 bits per heavy atom. The molecule has 3 N–H and O–H groups in total. The summed E-state index contributed by atoms with van der Waals surface area (Å²) in [5.41, 5.74) is -1.54. The topological polar surface area (TPSA) is 134 Å². The van der Waals surface area contributed by atoms with Gasteiger partial charge in [0.2, 0.25) is 0 Å². The van der Waals surface area contributed by atoms with Gasteiger partial charge in [-0.1, -0.05) is 6.92 Å². The summed E-state index contributed by atoms with van der Waals surface area (Å²) in [4.78, 5) is 34.1. The summed E-state index contributed by atoms with van der Waals surface area (Å²) in [6.45, 7) is 2.17. The second-order valence-corrected chi connectivity index (χ2v) is 11.3. The van der Waals surface area contributed by atoms with Crippen molar-refractivity contribution in [3.05, 3.63) is 34.4 Å². The third-order valence-corrected chi connectivity index (χ3v) is 9.89. The summed E-state index contributed by atoms with van der Waals surface area (Å²) < 4.78 is 10.5.